The second-order valence-corrected chi connectivity index (χ2v) is 7.77. The monoisotopic (exact) mass is 355 g/mol. The number of nitrogens with zero attached hydrogens (tertiary/aromatic N) is 1. The maximum atomic E-state index is 13.0. The maximum Gasteiger partial charge on any atom is 0.210 e. The number of Topliss-reactive ketones (excluding diaryl/α,β-unsaturated/α-hetero) is 1. The highest BCUT2D eigenvalue weighted by Crippen LogP contribution is 2.23. The molecule has 2 rings (SSSR count). The standard InChI is InChI=1S/C20H21NO3S/c1-16-11-13-17(14-12-16)20(22)19(10-7-15-21(2)3)25(23,24)18-8-5-4-6-9-18/h4-15H,1-3H3. The Morgan fingerprint density at radius 2 is 1.56 bits per heavy atom. The molecule has 0 amide bonds. The fourth-order valence-electron chi connectivity index (χ4n) is 2.16. The van der Waals surface area contributed by atoms with E-state index < -0.39 is 15.6 Å². The summed E-state index contributed by atoms with van der Waals surface area (Å²) in [4.78, 5) is 14.5. The van der Waals surface area contributed by atoms with Crippen LogP contribution in [0.25, 0.3) is 0 Å². The zero-order chi connectivity index (χ0) is 18.4. The first-order valence-corrected chi connectivity index (χ1v) is 9.27. The molecule has 0 radical (unpaired) electrons. The Bertz CT molecular complexity index is 894. The third-order valence-corrected chi connectivity index (χ3v) is 5.31. The normalized spacial score (nSPS) is 12.4. The number of benzene rings is 2. The van der Waals surface area contributed by atoms with Crippen molar-refractivity contribution in [2.75, 3.05) is 14.1 Å². The van der Waals surface area contributed by atoms with Gasteiger partial charge in [0.2, 0.25) is 15.6 Å². The van der Waals surface area contributed by atoms with Crippen molar-refractivity contribution in [2.45, 2.75) is 11.8 Å². The van der Waals surface area contributed by atoms with Crippen LogP contribution in [0.5, 0.6) is 0 Å². The second kappa shape index (κ2) is 7.94. The van der Waals surface area contributed by atoms with E-state index in [1.165, 1.54) is 18.2 Å². The van der Waals surface area contributed by atoms with E-state index in [1.54, 1.807) is 59.6 Å². The van der Waals surface area contributed by atoms with Crippen LogP contribution in [0, 0.1) is 6.92 Å². The van der Waals surface area contributed by atoms with E-state index in [4.69, 9.17) is 0 Å². The zero-order valence-electron chi connectivity index (χ0n) is 14.5. The molecule has 0 fully saturated rings. The molecule has 0 bridgehead atoms. The van der Waals surface area contributed by atoms with E-state index in [1.807, 2.05) is 21.0 Å². The highest BCUT2D eigenvalue weighted by atomic mass is 32.2. The van der Waals surface area contributed by atoms with Gasteiger partial charge in [-0.05, 0) is 37.4 Å². The lowest BCUT2D eigenvalue weighted by Gasteiger charge is -2.09. The van der Waals surface area contributed by atoms with Crippen LogP contribution in [0.4, 0.5) is 0 Å². The van der Waals surface area contributed by atoms with Crippen LogP contribution in [-0.4, -0.2) is 33.2 Å². The molecule has 2 aromatic carbocycles. The summed E-state index contributed by atoms with van der Waals surface area (Å²) < 4.78 is 25.9. The predicted molar refractivity (Wildman–Crippen MR) is 100 cm³/mol. The lowest BCUT2D eigenvalue weighted by Crippen LogP contribution is -2.14. The van der Waals surface area contributed by atoms with E-state index in [0.717, 1.165) is 5.56 Å². The van der Waals surface area contributed by atoms with Crippen molar-refractivity contribution in [3.05, 3.63) is 89.0 Å². The van der Waals surface area contributed by atoms with Crippen LogP contribution in [0.2, 0.25) is 0 Å². The molecule has 0 aliphatic carbocycles. The van der Waals surface area contributed by atoms with Crippen LogP contribution in [0.1, 0.15) is 15.9 Å². The van der Waals surface area contributed by atoms with E-state index in [-0.39, 0.29) is 9.80 Å². The molecule has 0 saturated carbocycles. The number of aryl methyl sites for hydroxylation is 1. The lowest BCUT2D eigenvalue weighted by atomic mass is 10.1. The molecule has 4 nitrogen and oxygen atoms in total. The molecule has 0 aliphatic rings. The van der Waals surface area contributed by atoms with Gasteiger partial charge in [-0.1, -0.05) is 48.0 Å². The van der Waals surface area contributed by atoms with Gasteiger partial charge in [0.1, 0.15) is 4.91 Å². The highest BCUT2D eigenvalue weighted by molar-refractivity contribution is 7.96. The molecule has 5 heteroatoms. The van der Waals surface area contributed by atoms with Crippen molar-refractivity contribution in [3.8, 4) is 0 Å². The topological polar surface area (TPSA) is 54.5 Å². The molecule has 2 aromatic rings. The minimum atomic E-state index is -3.91. The summed E-state index contributed by atoms with van der Waals surface area (Å²) >= 11 is 0. The van der Waals surface area contributed by atoms with E-state index in [0.29, 0.717) is 5.56 Å². The van der Waals surface area contributed by atoms with Gasteiger partial charge in [-0.2, -0.15) is 0 Å². The average molecular weight is 355 g/mol. The van der Waals surface area contributed by atoms with Crippen LogP contribution < -0.4 is 0 Å². The number of carbonyl (C=O) groups excluding carboxylic acids is 1. The predicted octanol–water partition coefficient (Wildman–Crippen LogP) is 3.61. The number of hydrogen-bond acceptors (Lipinski definition) is 4. The molecule has 25 heavy (non-hydrogen) atoms. The van der Waals surface area contributed by atoms with Gasteiger partial charge >= 0.3 is 0 Å². The molecule has 0 aliphatic heterocycles. The van der Waals surface area contributed by atoms with Crippen LogP contribution >= 0.6 is 0 Å². The zero-order valence-corrected chi connectivity index (χ0v) is 15.3. The first kappa shape index (κ1) is 18.7. The molecule has 0 N–H and O–H groups in total. The largest absolute Gasteiger partial charge is 0.383 e. The van der Waals surface area contributed by atoms with E-state index in [2.05, 4.69) is 0 Å². The number of hydrogen-bond donors (Lipinski definition) is 0. The quantitative estimate of drug-likeness (QED) is 0.451. The van der Waals surface area contributed by atoms with Crippen molar-refractivity contribution in [3.63, 3.8) is 0 Å². The summed E-state index contributed by atoms with van der Waals surface area (Å²) in [6.45, 7) is 1.91. The van der Waals surface area contributed by atoms with Gasteiger partial charge in [-0.25, -0.2) is 8.42 Å². The first-order valence-electron chi connectivity index (χ1n) is 7.79. The van der Waals surface area contributed by atoms with E-state index in [9.17, 15) is 13.2 Å². The maximum absolute atomic E-state index is 13.0. The summed E-state index contributed by atoms with van der Waals surface area (Å²) in [6.07, 6.45) is 4.59. The Kier molecular flexibility index (Phi) is 5.93. The summed E-state index contributed by atoms with van der Waals surface area (Å²) in [6, 6.07) is 14.8. The van der Waals surface area contributed by atoms with Gasteiger partial charge in [0.25, 0.3) is 0 Å². The number of ketones is 1. The van der Waals surface area contributed by atoms with Crippen molar-refractivity contribution in [2.24, 2.45) is 0 Å². The van der Waals surface area contributed by atoms with Gasteiger partial charge in [0.15, 0.2) is 0 Å². The molecule has 130 valence electrons. The van der Waals surface area contributed by atoms with Gasteiger partial charge in [-0.15, -0.1) is 0 Å². The fourth-order valence-corrected chi connectivity index (χ4v) is 3.55. The minimum Gasteiger partial charge on any atom is -0.383 e. The van der Waals surface area contributed by atoms with Crippen LogP contribution in [-0.2, 0) is 9.84 Å². The summed E-state index contributed by atoms with van der Waals surface area (Å²) in [5.41, 5.74) is 1.34. The van der Waals surface area contributed by atoms with Crippen molar-refractivity contribution in [1.29, 1.82) is 0 Å². The molecule has 0 heterocycles. The second-order valence-electron chi connectivity index (χ2n) is 5.85. The molecule has 0 aromatic heterocycles. The van der Waals surface area contributed by atoms with E-state index >= 15 is 0 Å². The third kappa shape index (κ3) is 4.67. The Hall–Kier alpha value is -2.66. The Labute approximate surface area is 149 Å². The van der Waals surface area contributed by atoms with Crippen LogP contribution in [0.3, 0.4) is 0 Å². The van der Waals surface area contributed by atoms with Gasteiger partial charge in [0.05, 0.1) is 4.90 Å². The minimum absolute atomic E-state index is 0.0972. The molecule has 0 saturated heterocycles. The molecular weight excluding hydrogens is 334 g/mol. The fraction of sp³-hybridized carbons (Fsp3) is 0.150. The highest BCUT2D eigenvalue weighted by Gasteiger charge is 2.27. The lowest BCUT2D eigenvalue weighted by molar-refractivity contribution is 0.104. The van der Waals surface area contributed by atoms with Gasteiger partial charge < -0.3 is 4.90 Å². The molecule has 0 spiro atoms. The smallest absolute Gasteiger partial charge is 0.210 e. The Morgan fingerprint density at radius 1 is 0.960 bits per heavy atom. The average Bonchev–Trinajstić information content (AvgIpc) is 2.59. The van der Waals surface area contributed by atoms with Crippen molar-refractivity contribution < 1.29 is 13.2 Å². The molecule has 0 atom stereocenters. The third-order valence-electron chi connectivity index (χ3n) is 3.51. The molecular formula is C20H21NO3S. The van der Waals surface area contributed by atoms with Crippen molar-refractivity contribution in [1.82, 2.24) is 4.90 Å². The SMILES string of the molecule is Cc1ccc(C(=O)C(=CC=CN(C)C)S(=O)(=O)c2ccccc2)cc1. The number of carbonyl (C=O) groups is 1. The van der Waals surface area contributed by atoms with Gasteiger partial charge in [-0.3, -0.25) is 4.79 Å². The summed E-state index contributed by atoms with van der Waals surface area (Å²) in [5, 5.41) is 0. The van der Waals surface area contributed by atoms with Crippen molar-refractivity contribution >= 4 is 15.6 Å². The first-order chi connectivity index (χ1) is 11.8. The molecule has 0 unspecified atom stereocenters. The number of rotatable bonds is 6. The van der Waals surface area contributed by atoms with Gasteiger partial charge in [0, 0.05) is 19.7 Å². The summed E-state index contributed by atoms with van der Waals surface area (Å²) in [7, 11) is -0.281. The Morgan fingerprint density at radius 3 is 2.12 bits per heavy atom. The number of allylic oxidation sites excluding steroid dienone is 3. The number of sulfone groups is 1. The Balaban J connectivity index is 2.54. The summed E-state index contributed by atoms with van der Waals surface area (Å²) in [5.74, 6) is -0.521. The van der Waals surface area contributed by atoms with Crippen LogP contribution in [0.15, 0.2) is 82.7 Å².